The van der Waals surface area contributed by atoms with E-state index < -0.39 is 17.7 Å². The van der Waals surface area contributed by atoms with Crippen LogP contribution in [0, 0.1) is 0 Å². The SMILES string of the molecule is CCOc1ccc([C@H]2C(=C(O)c3cccc(OC)c3)C(=O)C(=O)N2Cc2cccnc2)cc1. The average Bonchev–Trinajstić information content (AvgIpc) is 3.10. The quantitative estimate of drug-likeness (QED) is 0.335. The minimum Gasteiger partial charge on any atom is -0.507 e. The van der Waals surface area contributed by atoms with Crippen molar-refractivity contribution in [3.8, 4) is 11.5 Å². The van der Waals surface area contributed by atoms with Gasteiger partial charge in [0.15, 0.2) is 0 Å². The highest BCUT2D eigenvalue weighted by Crippen LogP contribution is 2.41. The summed E-state index contributed by atoms with van der Waals surface area (Å²) in [7, 11) is 1.52. The number of carbonyl (C=O) groups is 2. The van der Waals surface area contributed by atoms with Crippen molar-refractivity contribution in [1.29, 1.82) is 0 Å². The summed E-state index contributed by atoms with van der Waals surface area (Å²) in [5.41, 5.74) is 1.88. The van der Waals surface area contributed by atoms with E-state index in [1.165, 1.54) is 12.0 Å². The molecule has 168 valence electrons. The number of amides is 1. The number of rotatable bonds is 7. The van der Waals surface area contributed by atoms with Crippen LogP contribution in [0.2, 0.25) is 0 Å². The molecule has 0 unspecified atom stereocenters. The summed E-state index contributed by atoms with van der Waals surface area (Å²) in [6.07, 6.45) is 3.29. The van der Waals surface area contributed by atoms with Crippen LogP contribution in [0.4, 0.5) is 0 Å². The number of hydrogen-bond donors (Lipinski definition) is 1. The molecule has 0 bridgehead atoms. The van der Waals surface area contributed by atoms with E-state index in [1.807, 2.05) is 13.0 Å². The molecule has 4 rings (SSSR count). The Morgan fingerprint density at radius 1 is 1.06 bits per heavy atom. The van der Waals surface area contributed by atoms with E-state index >= 15 is 0 Å². The van der Waals surface area contributed by atoms with Gasteiger partial charge in [0.2, 0.25) is 0 Å². The minimum atomic E-state index is -0.771. The van der Waals surface area contributed by atoms with Crippen LogP contribution >= 0.6 is 0 Å². The molecule has 1 amide bonds. The fourth-order valence-corrected chi connectivity index (χ4v) is 3.92. The number of ether oxygens (including phenoxy) is 2. The molecule has 33 heavy (non-hydrogen) atoms. The van der Waals surface area contributed by atoms with Crippen LogP contribution in [-0.2, 0) is 16.1 Å². The lowest BCUT2D eigenvalue weighted by Crippen LogP contribution is -2.29. The van der Waals surface area contributed by atoms with Crippen molar-refractivity contribution >= 4 is 17.4 Å². The molecule has 1 aliphatic rings. The third kappa shape index (κ3) is 4.43. The number of pyridine rings is 1. The third-order valence-electron chi connectivity index (χ3n) is 5.47. The summed E-state index contributed by atoms with van der Waals surface area (Å²) in [6.45, 7) is 2.59. The maximum absolute atomic E-state index is 13.1. The van der Waals surface area contributed by atoms with Crippen molar-refractivity contribution in [2.75, 3.05) is 13.7 Å². The Labute approximate surface area is 191 Å². The normalized spacial score (nSPS) is 17.3. The van der Waals surface area contributed by atoms with Crippen molar-refractivity contribution in [2.24, 2.45) is 0 Å². The van der Waals surface area contributed by atoms with Gasteiger partial charge < -0.3 is 19.5 Å². The molecule has 0 aliphatic carbocycles. The van der Waals surface area contributed by atoms with E-state index in [0.717, 1.165) is 5.56 Å². The van der Waals surface area contributed by atoms with Gasteiger partial charge in [0, 0.05) is 24.5 Å². The van der Waals surface area contributed by atoms with Gasteiger partial charge >= 0.3 is 0 Å². The molecule has 0 spiro atoms. The summed E-state index contributed by atoms with van der Waals surface area (Å²) in [5, 5.41) is 11.2. The topological polar surface area (TPSA) is 89.0 Å². The molecule has 2 aromatic carbocycles. The zero-order valence-corrected chi connectivity index (χ0v) is 18.4. The van der Waals surface area contributed by atoms with Gasteiger partial charge in [-0.2, -0.15) is 0 Å². The van der Waals surface area contributed by atoms with Crippen molar-refractivity contribution in [3.63, 3.8) is 0 Å². The summed E-state index contributed by atoms with van der Waals surface area (Å²) >= 11 is 0. The van der Waals surface area contributed by atoms with E-state index in [1.54, 1.807) is 67.0 Å². The van der Waals surface area contributed by atoms with Gasteiger partial charge in [0.05, 0.1) is 25.3 Å². The Hall–Kier alpha value is -4.13. The van der Waals surface area contributed by atoms with Crippen molar-refractivity contribution in [3.05, 3.63) is 95.3 Å². The van der Waals surface area contributed by atoms with E-state index in [-0.39, 0.29) is 17.9 Å². The molecule has 0 saturated carbocycles. The van der Waals surface area contributed by atoms with E-state index in [4.69, 9.17) is 9.47 Å². The first kappa shape index (κ1) is 22.1. The number of carbonyl (C=O) groups excluding carboxylic acids is 2. The maximum atomic E-state index is 13.1. The Bertz CT molecular complexity index is 1190. The Kier molecular flexibility index (Phi) is 6.40. The first-order chi connectivity index (χ1) is 16.0. The van der Waals surface area contributed by atoms with Crippen LogP contribution in [0.25, 0.3) is 5.76 Å². The number of benzene rings is 2. The molecule has 1 N–H and O–H groups in total. The van der Waals surface area contributed by atoms with Crippen LogP contribution in [0.15, 0.2) is 78.6 Å². The van der Waals surface area contributed by atoms with Crippen molar-refractivity contribution < 1.29 is 24.2 Å². The second-order valence-corrected chi connectivity index (χ2v) is 7.52. The number of Topliss-reactive ketones (excluding diaryl/α,β-unsaturated/α-hetero) is 1. The molecule has 1 aromatic heterocycles. The highest BCUT2D eigenvalue weighted by atomic mass is 16.5. The van der Waals surface area contributed by atoms with Gasteiger partial charge in [-0.1, -0.05) is 30.3 Å². The Morgan fingerprint density at radius 3 is 2.52 bits per heavy atom. The Morgan fingerprint density at radius 2 is 1.85 bits per heavy atom. The van der Waals surface area contributed by atoms with Gasteiger partial charge in [-0.3, -0.25) is 14.6 Å². The van der Waals surface area contributed by atoms with Gasteiger partial charge in [-0.05, 0) is 48.4 Å². The van der Waals surface area contributed by atoms with Gasteiger partial charge in [0.25, 0.3) is 11.7 Å². The largest absolute Gasteiger partial charge is 0.507 e. The molecule has 1 saturated heterocycles. The minimum absolute atomic E-state index is 0.0290. The average molecular weight is 444 g/mol. The number of aliphatic hydroxyl groups excluding tert-OH is 1. The highest BCUT2D eigenvalue weighted by molar-refractivity contribution is 6.46. The molecule has 0 radical (unpaired) electrons. The predicted molar refractivity (Wildman–Crippen MR) is 123 cm³/mol. The van der Waals surface area contributed by atoms with E-state index in [0.29, 0.717) is 29.2 Å². The second-order valence-electron chi connectivity index (χ2n) is 7.52. The molecular weight excluding hydrogens is 420 g/mol. The fraction of sp³-hybridized carbons (Fsp3) is 0.192. The molecule has 7 nitrogen and oxygen atoms in total. The summed E-state index contributed by atoms with van der Waals surface area (Å²) in [6, 6.07) is 16.8. The smallest absolute Gasteiger partial charge is 0.295 e. The first-order valence-electron chi connectivity index (χ1n) is 10.6. The van der Waals surface area contributed by atoms with Gasteiger partial charge in [0.1, 0.15) is 17.3 Å². The molecule has 3 aromatic rings. The summed E-state index contributed by atoms with van der Waals surface area (Å²) < 4.78 is 10.8. The number of methoxy groups -OCH3 is 1. The fourth-order valence-electron chi connectivity index (χ4n) is 3.92. The van der Waals surface area contributed by atoms with Crippen LogP contribution in [-0.4, -0.2) is 40.4 Å². The van der Waals surface area contributed by atoms with E-state index in [2.05, 4.69) is 4.98 Å². The predicted octanol–water partition coefficient (Wildman–Crippen LogP) is 4.11. The lowest BCUT2D eigenvalue weighted by molar-refractivity contribution is -0.140. The monoisotopic (exact) mass is 444 g/mol. The number of ketones is 1. The van der Waals surface area contributed by atoms with Crippen LogP contribution in [0.1, 0.15) is 29.7 Å². The van der Waals surface area contributed by atoms with Gasteiger partial charge in [-0.15, -0.1) is 0 Å². The Balaban J connectivity index is 1.84. The van der Waals surface area contributed by atoms with Gasteiger partial charge in [-0.25, -0.2) is 0 Å². The molecule has 1 aliphatic heterocycles. The van der Waals surface area contributed by atoms with Crippen LogP contribution in [0.5, 0.6) is 11.5 Å². The highest BCUT2D eigenvalue weighted by Gasteiger charge is 2.46. The summed E-state index contributed by atoms with van der Waals surface area (Å²) in [5.74, 6) is -0.459. The molecular formula is C26H24N2O5. The molecule has 7 heteroatoms. The third-order valence-corrected chi connectivity index (χ3v) is 5.47. The van der Waals surface area contributed by atoms with E-state index in [9.17, 15) is 14.7 Å². The van der Waals surface area contributed by atoms with Crippen LogP contribution < -0.4 is 9.47 Å². The second kappa shape index (κ2) is 9.56. The lowest BCUT2D eigenvalue weighted by atomic mass is 9.95. The number of aliphatic hydroxyl groups is 1. The zero-order chi connectivity index (χ0) is 23.4. The molecule has 2 heterocycles. The maximum Gasteiger partial charge on any atom is 0.295 e. The number of likely N-dealkylation sites (tertiary alicyclic amines) is 1. The summed E-state index contributed by atoms with van der Waals surface area (Å²) in [4.78, 5) is 31.8. The number of hydrogen-bond acceptors (Lipinski definition) is 6. The molecule has 1 fully saturated rings. The van der Waals surface area contributed by atoms with Crippen LogP contribution in [0.3, 0.4) is 0 Å². The number of aromatic nitrogens is 1. The van der Waals surface area contributed by atoms with Crippen molar-refractivity contribution in [1.82, 2.24) is 9.88 Å². The number of nitrogens with zero attached hydrogens (tertiary/aromatic N) is 2. The molecule has 1 atom stereocenters. The van der Waals surface area contributed by atoms with Crippen molar-refractivity contribution in [2.45, 2.75) is 19.5 Å². The first-order valence-corrected chi connectivity index (χ1v) is 10.6. The zero-order valence-electron chi connectivity index (χ0n) is 18.4. The standard InChI is InChI=1S/C26H24N2O5/c1-3-33-20-11-9-18(10-12-20)23-22(24(29)19-7-4-8-21(14-19)32-2)25(30)26(31)28(23)16-17-6-5-13-27-15-17/h4-15,23,29H,3,16H2,1-2H3/t23-/m0/s1. The lowest BCUT2D eigenvalue weighted by Gasteiger charge is -2.25.